The molecule has 0 saturated carbocycles. The van der Waals surface area contributed by atoms with Crippen molar-refractivity contribution in [1.29, 1.82) is 0 Å². The van der Waals surface area contributed by atoms with Gasteiger partial charge in [0.1, 0.15) is 6.61 Å². The smallest absolute Gasteiger partial charge is 0.248 e. The second-order valence-electron chi connectivity index (χ2n) is 8.94. The van der Waals surface area contributed by atoms with Crippen LogP contribution in [0.5, 0.6) is 0 Å². The number of amides is 2. The van der Waals surface area contributed by atoms with Crippen molar-refractivity contribution in [2.24, 2.45) is 34.9 Å². The van der Waals surface area contributed by atoms with Crippen LogP contribution in [0.25, 0.3) is 6.08 Å². The molecule has 3 atom stereocenters. The molecule has 8 nitrogen and oxygen atoms in total. The lowest BCUT2D eigenvalue weighted by atomic mass is 9.61. The Bertz CT molecular complexity index is 779. The standard InChI is InChI=1S/C24H37N3O5/c1-16(2)13-19(22(29)26-25)21(23(30)27-31)24(14-17(3)4,20(28)15-32-5)12-11-18-9-7-6-8-10-18/h6-12,16-17,19,21,31H,13-15,25H2,1-5H3,(H,26,29)(H,27,30)/b12-11+/t19-,21-,24?/m1/s1. The number of nitrogens with one attached hydrogen (secondary N) is 2. The highest BCUT2D eigenvalue weighted by atomic mass is 16.5. The van der Waals surface area contributed by atoms with Gasteiger partial charge in [-0.25, -0.2) is 11.3 Å². The van der Waals surface area contributed by atoms with E-state index in [0.29, 0.717) is 6.42 Å². The lowest BCUT2D eigenvalue weighted by Gasteiger charge is -2.41. The number of methoxy groups -OCH3 is 1. The van der Waals surface area contributed by atoms with E-state index < -0.39 is 29.1 Å². The van der Waals surface area contributed by atoms with Gasteiger partial charge in [0, 0.05) is 7.11 Å². The van der Waals surface area contributed by atoms with E-state index in [1.165, 1.54) is 7.11 Å². The maximum absolute atomic E-state index is 13.6. The fourth-order valence-corrected chi connectivity index (χ4v) is 4.28. The Kier molecular flexibility index (Phi) is 11.3. The first-order chi connectivity index (χ1) is 15.1. The summed E-state index contributed by atoms with van der Waals surface area (Å²) in [5.41, 5.74) is 3.23. The highest BCUT2D eigenvalue weighted by Gasteiger charge is 2.52. The minimum absolute atomic E-state index is 0.00846. The molecule has 0 saturated heterocycles. The molecule has 0 bridgehead atoms. The average molecular weight is 448 g/mol. The molecule has 178 valence electrons. The Morgan fingerprint density at radius 1 is 1.09 bits per heavy atom. The molecule has 0 radical (unpaired) electrons. The van der Waals surface area contributed by atoms with Crippen LogP contribution in [0.4, 0.5) is 0 Å². The van der Waals surface area contributed by atoms with Gasteiger partial charge in [0.25, 0.3) is 0 Å². The van der Waals surface area contributed by atoms with Crippen molar-refractivity contribution in [2.75, 3.05) is 13.7 Å². The number of benzene rings is 1. The number of ketones is 1. The number of hydrogen-bond acceptors (Lipinski definition) is 6. The fraction of sp³-hybridized carbons (Fsp3) is 0.542. The number of rotatable bonds is 13. The zero-order valence-corrected chi connectivity index (χ0v) is 19.6. The lowest BCUT2D eigenvalue weighted by Crippen LogP contribution is -2.54. The van der Waals surface area contributed by atoms with Gasteiger partial charge in [-0.1, -0.05) is 70.2 Å². The zero-order chi connectivity index (χ0) is 24.3. The molecule has 8 heteroatoms. The van der Waals surface area contributed by atoms with E-state index in [4.69, 9.17) is 10.6 Å². The molecule has 0 aliphatic rings. The Labute approximate surface area is 190 Å². The van der Waals surface area contributed by atoms with Crippen molar-refractivity contribution in [2.45, 2.75) is 40.5 Å². The summed E-state index contributed by atoms with van der Waals surface area (Å²) in [5.74, 6) is 1.57. The first-order valence-corrected chi connectivity index (χ1v) is 10.8. The van der Waals surface area contributed by atoms with Crippen LogP contribution in [0.1, 0.15) is 46.1 Å². The number of allylic oxidation sites excluding steroid dienone is 1. The largest absolute Gasteiger partial charge is 0.377 e. The van der Waals surface area contributed by atoms with Crippen LogP contribution < -0.4 is 16.7 Å². The molecule has 0 fully saturated rings. The molecular weight excluding hydrogens is 410 g/mol. The monoisotopic (exact) mass is 447 g/mol. The minimum atomic E-state index is -1.42. The van der Waals surface area contributed by atoms with Crippen LogP contribution >= 0.6 is 0 Å². The third-order valence-corrected chi connectivity index (χ3v) is 5.47. The third-order valence-electron chi connectivity index (χ3n) is 5.47. The first-order valence-electron chi connectivity index (χ1n) is 10.8. The van der Waals surface area contributed by atoms with E-state index in [1.807, 2.05) is 58.0 Å². The maximum Gasteiger partial charge on any atom is 0.248 e. The van der Waals surface area contributed by atoms with E-state index >= 15 is 0 Å². The molecule has 32 heavy (non-hydrogen) atoms. The normalized spacial score (nSPS) is 15.4. The van der Waals surface area contributed by atoms with Gasteiger partial charge in [0.2, 0.25) is 11.8 Å². The number of carbonyl (C=O) groups excluding carboxylic acids is 3. The third kappa shape index (κ3) is 7.25. The molecule has 0 spiro atoms. The average Bonchev–Trinajstić information content (AvgIpc) is 2.76. The molecule has 1 aromatic rings. The van der Waals surface area contributed by atoms with Gasteiger partial charge in [-0.15, -0.1) is 0 Å². The van der Waals surface area contributed by atoms with Gasteiger partial charge in [-0.05, 0) is 30.2 Å². The van der Waals surface area contributed by atoms with Gasteiger partial charge in [-0.2, -0.15) is 0 Å². The Balaban J connectivity index is 3.83. The number of nitrogens with two attached hydrogens (primary N) is 1. The predicted molar refractivity (Wildman–Crippen MR) is 123 cm³/mol. The highest BCUT2D eigenvalue weighted by Crippen LogP contribution is 2.44. The van der Waals surface area contributed by atoms with Crippen molar-refractivity contribution in [3.63, 3.8) is 0 Å². The van der Waals surface area contributed by atoms with E-state index in [9.17, 15) is 19.6 Å². The van der Waals surface area contributed by atoms with Crippen LogP contribution in [0.3, 0.4) is 0 Å². The van der Waals surface area contributed by atoms with Crippen molar-refractivity contribution < 1.29 is 24.3 Å². The van der Waals surface area contributed by atoms with Crippen molar-refractivity contribution >= 4 is 23.7 Å². The number of carbonyl (C=O) groups is 3. The van der Waals surface area contributed by atoms with Gasteiger partial charge < -0.3 is 4.74 Å². The molecule has 1 rings (SSSR count). The topological polar surface area (TPSA) is 131 Å². The first kappa shape index (κ1) is 27.5. The Morgan fingerprint density at radius 2 is 1.72 bits per heavy atom. The van der Waals surface area contributed by atoms with Crippen molar-refractivity contribution in [3.8, 4) is 0 Å². The van der Waals surface area contributed by atoms with Gasteiger partial charge in [-0.3, -0.25) is 25.0 Å². The number of Topliss-reactive ketones (excluding diaryl/α,β-unsaturated/α-hetero) is 1. The summed E-state index contributed by atoms with van der Waals surface area (Å²) in [6.45, 7) is 7.43. The van der Waals surface area contributed by atoms with Crippen LogP contribution in [0.15, 0.2) is 36.4 Å². The molecular formula is C24H37N3O5. The summed E-state index contributed by atoms with van der Waals surface area (Å²) in [4.78, 5) is 39.5. The molecule has 0 aromatic heterocycles. The van der Waals surface area contributed by atoms with Crippen molar-refractivity contribution in [1.82, 2.24) is 10.9 Å². The van der Waals surface area contributed by atoms with Crippen LogP contribution in [0, 0.1) is 29.1 Å². The summed E-state index contributed by atoms with van der Waals surface area (Å²) in [5, 5.41) is 9.61. The van der Waals surface area contributed by atoms with Crippen LogP contribution in [-0.4, -0.2) is 36.5 Å². The molecule has 1 unspecified atom stereocenters. The summed E-state index contributed by atoms with van der Waals surface area (Å²) in [7, 11) is 1.40. The summed E-state index contributed by atoms with van der Waals surface area (Å²) < 4.78 is 5.15. The Hall–Kier alpha value is -2.55. The summed E-state index contributed by atoms with van der Waals surface area (Å²) in [6, 6.07) is 9.35. The number of hydrogen-bond donors (Lipinski definition) is 4. The van der Waals surface area contributed by atoms with Crippen LogP contribution in [-0.2, 0) is 19.1 Å². The SMILES string of the molecule is COCC(=O)C(/C=C/c1ccccc1)(CC(C)C)[C@@H](C(=O)NO)[C@@H](CC(C)C)C(=O)NN. The van der Waals surface area contributed by atoms with E-state index in [2.05, 4.69) is 5.43 Å². The van der Waals surface area contributed by atoms with Gasteiger partial charge >= 0.3 is 0 Å². The molecule has 0 aliphatic carbocycles. The summed E-state index contributed by atoms with van der Waals surface area (Å²) in [6.07, 6.45) is 4.00. The maximum atomic E-state index is 13.6. The van der Waals surface area contributed by atoms with Gasteiger partial charge in [0.15, 0.2) is 5.78 Å². The molecule has 0 heterocycles. The molecule has 1 aromatic carbocycles. The quantitative estimate of drug-likeness (QED) is 0.159. The second-order valence-corrected chi connectivity index (χ2v) is 8.94. The van der Waals surface area contributed by atoms with E-state index in [0.717, 1.165) is 5.56 Å². The number of hydroxylamine groups is 1. The number of ether oxygens (including phenoxy) is 1. The van der Waals surface area contributed by atoms with Crippen molar-refractivity contribution in [3.05, 3.63) is 42.0 Å². The van der Waals surface area contributed by atoms with Gasteiger partial charge in [0.05, 0.1) is 17.3 Å². The zero-order valence-electron chi connectivity index (χ0n) is 19.6. The van der Waals surface area contributed by atoms with E-state index in [-0.39, 0.29) is 30.6 Å². The lowest BCUT2D eigenvalue weighted by molar-refractivity contribution is -0.152. The Morgan fingerprint density at radius 3 is 2.19 bits per heavy atom. The fourth-order valence-electron chi connectivity index (χ4n) is 4.28. The minimum Gasteiger partial charge on any atom is -0.377 e. The predicted octanol–water partition coefficient (Wildman–Crippen LogP) is 2.72. The number of hydrazine groups is 1. The molecule has 5 N–H and O–H groups in total. The summed E-state index contributed by atoms with van der Waals surface area (Å²) >= 11 is 0. The molecule has 2 amide bonds. The molecule has 0 aliphatic heterocycles. The van der Waals surface area contributed by atoms with Crippen LogP contribution in [0.2, 0.25) is 0 Å². The van der Waals surface area contributed by atoms with E-state index in [1.54, 1.807) is 17.6 Å². The second kappa shape index (κ2) is 13.1. The highest BCUT2D eigenvalue weighted by molar-refractivity contribution is 5.97.